The number of ether oxygens (including phenoxy) is 2. The number of likely N-dealkylation sites (N-methyl/N-ethyl adjacent to an activating group) is 1. The van der Waals surface area contributed by atoms with Gasteiger partial charge in [-0.05, 0) is 89.9 Å². The van der Waals surface area contributed by atoms with Crippen molar-refractivity contribution in [2.75, 3.05) is 47.5 Å². The lowest BCUT2D eigenvalue weighted by atomic mass is 10.1. The minimum Gasteiger partial charge on any atom is -0.462 e. The number of aliphatic hydroxyl groups is 1. The quantitative estimate of drug-likeness (QED) is 0.0155. The fraction of sp³-hybridized carbons (Fsp3) is 0.600. The van der Waals surface area contributed by atoms with E-state index in [1.807, 2.05) is 39.4 Å². The van der Waals surface area contributed by atoms with Crippen LogP contribution in [0.15, 0.2) is 109 Å². The molecule has 0 radical (unpaired) electrons. The minimum absolute atomic E-state index is 0.00631. The zero-order valence-electron chi connectivity index (χ0n) is 38.5. The molecule has 0 rings (SSSR count). The zero-order valence-corrected chi connectivity index (χ0v) is 39.4. The van der Waals surface area contributed by atoms with Crippen molar-refractivity contribution in [1.82, 2.24) is 0 Å². The van der Waals surface area contributed by atoms with Crippen molar-refractivity contribution in [1.29, 1.82) is 0 Å². The molecule has 0 amide bonds. The summed E-state index contributed by atoms with van der Waals surface area (Å²) in [5, 5.41) is 10.2. The van der Waals surface area contributed by atoms with Gasteiger partial charge in [0.25, 0.3) is 0 Å². The normalized spacial score (nSPS) is 15.1. The predicted molar refractivity (Wildman–Crippen MR) is 253 cm³/mol. The molecule has 0 fully saturated rings. The van der Waals surface area contributed by atoms with E-state index >= 15 is 0 Å². The summed E-state index contributed by atoms with van der Waals surface area (Å²) >= 11 is 0. The Bertz CT molecular complexity index is 1420. The average Bonchev–Trinajstić information content (AvgIpc) is 3.21. The Balaban J connectivity index is 4.60. The summed E-state index contributed by atoms with van der Waals surface area (Å²) < 4.78 is 34.2. The van der Waals surface area contributed by atoms with Crippen molar-refractivity contribution in [3.8, 4) is 0 Å². The molecule has 2 unspecified atom stereocenters. The van der Waals surface area contributed by atoms with Crippen molar-refractivity contribution < 1.29 is 47.2 Å². The van der Waals surface area contributed by atoms with Crippen molar-refractivity contribution in [3.05, 3.63) is 109 Å². The SMILES string of the molecule is CC/C=C\C/C=C\C/C=C\C/C=C\C/C=C\CCCCCC(=O)OC[C@H](COP(=O)(O)OCC[N+](C)(C)C)OC(=O)CCC/C=C/C=C\C(O)C/C=C\C/C=C\CCCCC. The highest BCUT2D eigenvalue weighted by Gasteiger charge is 2.27. The number of rotatable bonds is 39. The molecule has 346 valence electrons. The van der Waals surface area contributed by atoms with Gasteiger partial charge in [0.15, 0.2) is 6.10 Å². The standard InChI is InChI=1S/C50H82NO9P/c1-6-8-10-12-14-16-17-18-19-20-21-22-23-24-25-27-29-33-37-41-49(53)57-45-48(46-59-61(55,56)58-44-43-51(3,4)5)60-50(54)42-38-34-30-32-36-40-47(52)39-35-31-28-26-15-13-11-9-7-2/h8,10,14-16,18-19,21-22,24-26,30-32,35-36,40,47-48,52H,6-7,9,11-13,17,20,23,27-29,33-34,37-39,41-46H2,1-5H3/p+1/b10-8-,16-14-,19-18-,22-21-,25-24-,26-15-,32-30+,35-31-,40-36-/t47?,48-/m1/s1. The second-order valence-electron chi connectivity index (χ2n) is 15.9. The van der Waals surface area contributed by atoms with Gasteiger partial charge in [-0.3, -0.25) is 18.6 Å². The third-order valence-corrected chi connectivity index (χ3v) is 9.85. The van der Waals surface area contributed by atoms with Crippen LogP contribution in [0.1, 0.15) is 136 Å². The van der Waals surface area contributed by atoms with Gasteiger partial charge in [0, 0.05) is 12.8 Å². The Morgan fingerprint density at radius 1 is 0.607 bits per heavy atom. The first-order valence-corrected chi connectivity index (χ1v) is 24.2. The number of unbranched alkanes of at least 4 members (excludes halogenated alkanes) is 7. The number of phosphoric ester groups is 1. The number of allylic oxidation sites excluding steroid dienone is 16. The van der Waals surface area contributed by atoms with Crippen LogP contribution < -0.4 is 0 Å². The van der Waals surface area contributed by atoms with Gasteiger partial charge in [-0.25, -0.2) is 4.57 Å². The van der Waals surface area contributed by atoms with Gasteiger partial charge in [0.2, 0.25) is 0 Å². The Morgan fingerprint density at radius 2 is 1.15 bits per heavy atom. The topological polar surface area (TPSA) is 129 Å². The number of phosphoric acid groups is 1. The summed E-state index contributed by atoms with van der Waals surface area (Å²) in [6, 6.07) is 0. The summed E-state index contributed by atoms with van der Waals surface area (Å²) in [5.41, 5.74) is 0. The van der Waals surface area contributed by atoms with E-state index in [0.717, 1.165) is 64.2 Å². The number of esters is 2. The van der Waals surface area contributed by atoms with Crippen molar-refractivity contribution >= 4 is 19.8 Å². The lowest BCUT2D eigenvalue weighted by Crippen LogP contribution is -2.37. The number of hydrogen-bond donors (Lipinski definition) is 2. The molecule has 0 saturated carbocycles. The molecule has 0 aromatic rings. The van der Waals surface area contributed by atoms with Crippen LogP contribution in [-0.4, -0.2) is 86.1 Å². The van der Waals surface area contributed by atoms with E-state index in [-0.39, 0.29) is 26.1 Å². The summed E-state index contributed by atoms with van der Waals surface area (Å²) in [7, 11) is 1.35. The van der Waals surface area contributed by atoms with E-state index in [9.17, 15) is 24.2 Å². The number of hydrogen-bond acceptors (Lipinski definition) is 8. The van der Waals surface area contributed by atoms with Crippen LogP contribution in [0.4, 0.5) is 0 Å². The van der Waals surface area contributed by atoms with Crippen LogP contribution in [0.3, 0.4) is 0 Å². The second-order valence-corrected chi connectivity index (χ2v) is 17.3. The number of aliphatic hydroxyl groups excluding tert-OH is 1. The van der Waals surface area contributed by atoms with Crippen molar-refractivity contribution in [3.63, 3.8) is 0 Å². The fourth-order valence-corrected chi connectivity index (χ4v) is 6.03. The molecule has 11 heteroatoms. The summed E-state index contributed by atoms with van der Waals surface area (Å²) in [4.78, 5) is 35.4. The Hall–Kier alpha value is -3.37. The van der Waals surface area contributed by atoms with Gasteiger partial charge in [-0.15, -0.1) is 0 Å². The van der Waals surface area contributed by atoms with E-state index in [4.69, 9.17) is 18.5 Å². The molecule has 0 aromatic carbocycles. The number of quaternary nitrogens is 1. The molecular formula is C50H83NO9P+. The van der Waals surface area contributed by atoms with Crippen LogP contribution >= 0.6 is 7.82 Å². The van der Waals surface area contributed by atoms with Crippen LogP contribution in [0.5, 0.6) is 0 Å². The van der Waals surface area contributed by atoms with Crippen LogP contribution in [0.25, 0.3) is 0 Å². The molecule has 3 atom stereocenters. The van der Waals surface area contributed by atoms with Crippen LogP contribution in [0, 0.1) is 0 Å². The van der Waals surface area contributed by atoms with E-state index in [0.29, 0.717) is 36.7 Å². The average molecular weight is 873 g/mol. The summed E-state index contributed by atoms with van der Waals surface area (Å²) in [6.45, 7) is 4.04. The summed E-state index contributed by atoms with van der Waals surface area (Å²) in [5.74, 6) is -0.979. The second kappa shape index (κ2) is 40.7. The highest BCUT2D eigenvalue weighted by Crippen LogP contribution is 2.43. The third kappa shape index (κ3) is 44.5. The highest BCUT2D eigenvalue weighted by atomic mass is 31.2. The van der Waals surface area contributed by atoms with Crippen LogP contribution in [0.2, 0.25) is 0 Å². The number of nitrogens with zero attached hydrogens (tertiary/aromatic N) is 1. The Kier molecular flexibility index (Phi) is 38.4. The summed E-state index contributed by atoms with van der Waals surface area (Å²) in [6.07, 6.45) is 51.7. The van der Waals surface area contributed by atoms with Gasteiger partial charge in [-0.1, -0.05) is 142 Å². The van der Waals surface area contributed by atoms with Gasteiger partial charge in [0.05, 0.1) is 33.9 Å². The van der Waals surface area contributed by atoms with Crippen molar-refractivity contribution in [2.45, 2.75) is 148 Å². The molecule has 0 spiro atoms. The number of carbonyl (C=O) groups excluding carboxylic acids is 2. The third-order valence-electron chi connectivity index (χ3n) is 8.87. The highest BCUT2D eigenvalue weighted by molar-refractivity contribution is 7.47. The molecule has 0 aromatic heterocycles. The van der Waals surface area contributed by atoms with Gasteiger partial charge >= 0.3 is 19.8 Å². The van der Waals surface area contributed by atoms with Crippen molar-refractivity contribution in [2.24, 2.45) is 0 Å². The molecule has 0 bridgehead atoms. The zero-order chi connectivity index (χ0) is 45.1. The Morgan fingerprint density at radius 3 is 1.74 bits per heavy atom. The molecule has 61 heavy (non-hydrogen) atoms. The lowest BCUT2D eigenvalue weighted by molar-refractivity contribution is -0.870. The predicted octanol–water partition coefficient (Wildman–Crippen LogP) is 12.1. The van der Waals surface area contributed by atoms with E-state index in [1.54, 1.807) is 12.2 Å². The van der Waals surface area contributed by atoms with Gasteiger partial charge in [0.1, 0.15) is 19.8 Å². The smallest absolute Gasteiger partial charge is 0.462 e. The Labute approximate surface area is 370 Å². The van der Waals surface area contributed by atoms with E-state index in [1.165, 1.54) is 19.3 Å². The largest absolute Gasteiger partial charge is 0.472 e. The first kappa shape index (κ1) is 57.6. The van der Waals surface area contributed by atoms with E-state index < -0.39 is 38.6 Å². The number of carbonyl (C=O) groups is 2. The van der Waals surface area contributed by atoms with Gasteiger partial charge < -0.3 is 24.0 Å². The minimum atomic E-state index is -4.43. The molecule has 2 N–H and O–H groups in total. The molecule has 0 aliphatic rings. The lowest BCUT2D eigenvalue weighted by Gasteiger charge is -2.24. The maximum absolute atomic E-state index is 12.7. The first-order valence-electron chi connectivity index (χ1n) is 22.7. The fourth-order valence-electron chi connectivity index (χ4n) is 5.29. The molecule has 0 heterocycles. The monoisotopic (exact) mass is 873 g/mol. The molecule has 0 aliphatic carbocycles. The van der Waals surface area contributed by atoms with E-state index in [2.05, 4.69) is 92.8 Å². The first-order chi connectivity index (χ1) is 29.4. The molecule has 0 saturated heterocycles. The molecule has 10 nitrogen and oxygen atoms in total. The molecule has 0 aliphatic heterocycles. The maximum Gasteiger partial charge on any atom is 0.472 e. The maximum atomic E-state index is 12.7. The molecular weight excluding hydrogens is 790 g/mol. The van der Waals surface area contributed by atoms with Crippen LogP contribution in [-0.2, 0) is 32.7 Å². The van der Waals surface area contributed by atoms with Gasteiger partial charge in [-0.2, -0.15) is 0 Å².